The van der Waals surface area contributed by atoms with Crippen molar-refractivity contribution in [1.82, 2.24) is 4.98 Å². The zero-order valence-electron chi connectivity index (χ0n) is 17.3. The molecule has 7 nitrogen and oxygen atoms in total. The van der Waals surface area contributed by atoms with Crippen molar-refractivity contribution in [2.24, 2.45) is 5.73 Å². The van der Waals surface area contributed by atoms with Gasteiger partial charge in [-0.3, -0.25) is 9.10 Å². The molecule has 0 aliphatic carbocycles. The van der Waals surface area contributed by atoms with E-state index < -0.39 is 46.0 Å². The third-order valence-corrected chi connectivity index (χ3v) is 6.27. The second-order valence-corrected chi connectivity index (χ2v) is 8.84. The molecule has 3 rings (SSSR count). The third-order valence-electron chi connectivity index (χ3n) is 4.48. The molecule has 0 aliphatic rings. The molecule has 14 heteroatoms. The first kappa shape index (κ1) is 25.8. The maximum absolute atomic E-state index is 13.1. The molecule has 0 bridgehead atoms. The lowest BCUT2D eigenvalue weighted by Gasteiger charge is -2.23. The fourth-order valence-corrected chi connectivity index (χ4v) is 4.24. The van der Waals surface area contributed by atoms with Crippen LogP contribution in [0.4, 0.5) is 32.0 Å². The van der Waals surface area contributed by atoms with Crippen LogP contribution in [0.3, 0.4) is 0 Å². The lowest BCUT2D eigenvalue weighted by molar-refractivity contribution is -0.138. The number of ether oxygens (including phenoxy) is 1. The molecule has 0 fully saturated rings. The van der Waals surface area contributed by atoms with Gasteiger partial charge in [0.25, 0.3) is 10.0 Å². The highest BCUT2D eigenvalue weighted by atomic mass is 32.2. The number of amides is 1. The maximum atomic E-state index is 13.1. The van der Waals surface area contributed by atoms with E-state index in [-0.39, 0.29) is 22.2 Å². The van der Waals surface area contributed by atoms with Crippen molar-refractivity contribution >= 4 is 21.6 Å². The first-order valence-corrected chi connectivity index (χ1v) is 10.9. The van der Waals surface area contributed by atoms with Gasteiger partial charge in [0.1, 0.15) is 12.3 Å². The van der Waals surface area contributed by atoms with Crippen LogP contribution in [-0.4, -0.2) is 25.9 Å². The Hall–Kier alpha value is -3.81. The van der Waals surface area contributed by atoms with Gasteiger partial charge < -0.3 is 10.5 Å². The molecule has 186 valence electrons. The largest absolute Gasteiger partial charge is 0.439 e. The third kappa shape index (κ3) is 6.20. The average Bonchev–Trinajstić information content (AvgIpc) is 2.77. The number of carbonyl (C=O) groups excluding carboxylic acids is 1. The average molecular weight is 519 g/mol. The molecule has 3 aromatic rings. The van der Waals surface area contributed by atoms with Crippen molar-refractivity contribution in [3.05, 3.63) is 78.0 Å². The molecule has 0 saturated carbocycles. The van der Waals surface area contributed by atoms with Crippen molar-refractivity contribution in [1.29, 1.82) is 0 Å². The number of hydrogen-bond donors (Lipinski definition) is 1. The van der Waals surface area contributed by atoms with Crippen LogP contribution in [0.25, 0.3) is 0 Å². The molecule has 2 N–H and O–H groups in total. The number of nitrogens with zero attached hydrogens (tertiary/aromatic N) is 2. The monoisotopic (exact) mass is 519 g/mol. The molecule has 35 heavy (non-hydrogen) atoms. The van der Waals surface area contributed by atoms with Crippen LogP contribution in [-0.2, 0) is 27.2 Å². The SMILES string of the molecule is NC(=O)CN(c1ccc(C(F)(F)F)cc1)S(=O)(=O)c1ccc(Oc2ccc(C(F)(F)F)cn2)cc1. The van der Waals surface area contributed by atoms with E-state index in [9.17, 15) is 39.6 Å². The molecule has 0 unspecified atom stereocenters. The Kier molecular flexibility index (Phi) is 6.96. The smallest absolute Gasteiger partial charge is 0.417 e. The van der Waals surface area contributed by atoms with E-state index in [4.69, 9.17) is 10.5 Å². The second kappa shape index (κ2) is 9.44. The summed E-state index contributed by atoms with van der Waals surface area (Å²) in [5, 5.41) is 0. The molecule has 1 heterocycles. The minimum absolute atomic E-state index is 0.0344. The molecule has 0 aliphatic heterocycles. The van der Waals surface area contributed by atoms with Gasteiger partial charge in [-0.15, -0.1) is 0 Å². The summed E-state index contributed by atoms with van der Waals surface area (Å²) in [6, 6.07) is 9.34. The Morgan fingerprint density at radius 2 is 1.40 bits per heavy atom. The first-order valence-electron chi connectivity index (χ1n) is 9.47. The standard InChI is InChI=1S/C21H15F6N3O4S/c22-20(23,24)13-1-4-15(5-2-13)30(12-18(28)31)35(32,33)17-8-6-16(7-9-17)34-19-10-3-14(11-29-19)21(25,26)27/h1-11H,12H2,(H2,28,31). The first-order chi connectivity index (χ1) is 16.2. The number of anilines is 1. The van der Waals surface area contributed by atoms with Crippen LogP contribution in [0.2, 0.25) is 0 Å². The van der Waals surface area contributed by atoms with Gasteiger partial charge in [0.15, 0.2) is 0 Å². The summed E-state index contributed by atoms with van der Waals surface area (Å²) in [7, 11) is -4.45. The fraction of sp³-hybridized carbons (Fsp3) is 0.143. The Morgan fingerprint density at radius 1 is 0.857 bits per heavy atom. The van der Waals surface area contributed by atoms with Gasteiger partial charge in [-0.1, -0.05) is 0 Å². The summed E-state index contributed by atoms with van der Waals surface area (Å²) in [5.74, 6) is -1.21. The number of alkyl halides is 6. The quantitative estimate of drug-likeness (QED) is 0.460. The van der Waals surface area contributed by atoms with Crippen LogP contribution in [0.1, 0.15) is 11.1 Å². The number of aromatic nitrogens is 1. The van der Waals surface area contributed by atoms with E-state index in [1.54, 1.807) is 0 Å². The molecule has 0 radical (unpaired) electrons. The van der Waals surface area contributed by atoms with Crippen LogP contribution in [0.15, 0.2) is 71.8 Å². The summed E-state index contributed by atoms with van der Waals surface area (Å²) in [6.07, 6.45) is -8.66. The van der Waals surface area contributed by atoms with Gasteiger partial charge in [0.05, 0.1) is 21.7 Å². The molecule has 0 atom stereocenters. The Balaban J connectivity index is 1.85. The zero-order chi connectivity index (χ0) is 26.0. The molecule has 0 saturated heterocycles. The number of carbonyl (C=O) groups is 1. The predicted molar refractivity (Wildman–Crippen MR) is 111 cm³/mol. The maximum Gasteiger partial charge on any atom is 0.417 e. The van der Waals surface area contributed by atoms with Crippen LogP contribution < -0.4 is 14.8 Å². The highest BCUT2D eigenvalue weighted by Crippen LogP contribution is 2.33. The van der Waals surface area contributed by atoms with Gasteiger partial charge in [0.2, 0.25) is 11.8 Å². The second-order valence-electron chi connectivity index (χ2n) is 6.98. The Morgan fingerprint density at radius 3 is 1.86 bits per heavy atom. The van der Waals surface area contributed by atoms with Gasteiger partial charge >= 0.3 is 12.4 Å². The normalized spacial score (nSPS) is 12.3. The number of sulfonamides is 1. The molecule has 2 aromatic carbocycles. The van der Waals surface area contributed by atoms with Crippen LogP contribution >= 0.6 is 0 Å². The van der Waals surface area contributed by atoms with E-state index in [1.807, 2.05) is 0 Å². The van der Waals surface area contributed by atoms with Crippen LogP contribution in [0, 0.1) is 0 Å². The number of hydrogen-bond acceptors (Lipinski definition) is 5. The Labute approximate surface area is 194 Å². The minimum Gasteiger partial charge on any atom is -0.439 e. The number of primary amides is 1. The highest BCUT2D eigenvalue weighted by molar-refractivity contribution is 7.92. The van der Waals surface area contributed by atoms with Crippen LogP contribution in [0.5, 0.6) is 11.6 Å². The summed E-state index contributed by atoms with van der Waals surface area (Å²) in [4.78, 5) is 14.7. The summed E-state index contributed by atoms with van der Waals surface area (Å²) in [6.45, 7) is -0.846. The van der Waals surface area contributed by atoms with Crippen molar-refractivity contribution in [3.8, 4) is 11.6 Å². The van der Waals surface area contributed by atoms with Crippen molar-refractivity contribution in [2.45, 2.75) is 17.2 Å². The van der Waals surface area contributed by atoms with Gasteiger partial charge in [-0.25, -0.2) is 13.4 Å². The van der Waals surface area contributed by atoms with Crippen molar-refractivity contribution in [2.75, 3.05) is 10.8 Å². The van der Waals surface area contributed by atoms with E-state index in [0.29, 0.717) is 22.6 Å². The van der Waals surface area contributed by atoms with Crippen molar-refractivity contribution in [3.63, 3.8) is 0 Å². The number of halogens is 6. The summed E-state index contributed by atoms with van der Waals surface area (Å²) < 4.78 is 108. The highest BCUT2D eigenvalue weighted by Gasteiger charge is 2.32. The molecule has 1 amide bonds. The number of pyridine rings is 1. The van der Waals surface area contributed by atoms with E-state index in [1.165, 1.54) is 12.1 Å². The van der Waals surface area contributed by atoms with Gasteiger partial charge in [0, 0.05) is 12.3 Å². The van der Waals surface area contributed by atoms with Gasteiger partial charge in [-0.2, -0.15) is 26.3 Å². The lowest BCUT2D eigenvalue weighted by Crippen LogP contribution is -2.38. The van der Waals surface area contributed by atoms with E-state index in [2.05, 4.69) is 4.98 Å². The fourth-order valence-electron chi connectivity index (χ4n) is 2.81. The molecule has 0 spiro atoms. The van der Waals surface area contributed by atoms with Gasteiger partial charge in [-0.05, 0) is 54.6 Å². The predicted octanol–water partition coefficient (Wildman–Crippen LogP) is 4.59. The molecule has 1 aromatic heterocycles. The topological polar surface area (TPSA) is 103 Å². The van der Waals surface area contributed by atoms with E-state index >= 15 is 0 Å². The summed E-state index contributed by atoms with van der Waals surface area (Å²) >= 11 is 0. The number of benzene rings is 2. The Bertz CT molecular complexity index is 1290. The zero-order valence-corrected chi connectivity index (χ0v) is 18.2. The summed E-state index contributed by atoms with van der Waals surface area (Å²) in [5.41, 5.74) is 2.90. The lowest BCUT2D eigenvalue weighted by atomic mass is 10.2. The van der Waals surface area contributed by atoms with E-state index in [0.717, 1.165) is 36.4 Å². The number of nitrogens with two attached hydrogens (primary N) is 1. The number of rotatable bonds is 7. The van der Waals surface area contributed by atoms with Crippen molar-refractivity contribution < 1.29 is 44.3 Å². The molecular formula is C21H15F6N3O4S. The molecular weight excluding hydrogens is 504 g/mol. The minimum atomic E-state index is -4.65.